The van der Waals surface area contributed by atoms with Gasteiger partial charge in [-0.25, -0.2) is 8.42 Å². The van der Waals surface area contributed by atoms with E-state index in [1.807, 2.05) is 0 Å². The molecule has 0 saturated heterocycles. The summed E-state index contributed by atoms with van der Waals surface area (Å²) in [4.78, 5) is 0. The molecule has 0 aliphatic carbocycles. The molecule has 0 aliphatic rings. The predicted molar refractivity (Wildman–Crippen MR) is 25.9 cm³/mol. The first-order valence-corrected chi connectivity index (χ1v) is 3.26. The summed E-state index contributed by atoms with van der Waals surface area (Å²) >= 11 is 0. The van der Waals surface area contributed by atoms with Crippen LogP contribution in [0.3, 0.4) is 0 Å². The minimum absolute atomic E-state index is 0. The van der Waals surface area contributed by atoms with Crippen LogP contribution in [0.15, 0.2) is 11.5 Å². The normalized spacial score (nSPS) is 11.3. The smallest absolute Gasteiger partial charge is 0.744 e. The van der Waals surface area contributed by atoms with Gasteiger partial charge in [-0.1, -0.05) is 0 Å². The van der Waals surface area contributed by atoms with Crippen molar-refractivity contribution >= 4 is 10.1 Å². The molecule has 0 saturated carbocycles. The van der Waals surface area contributed by atoms with E-state index in [9.17, 15) is 13.0 Å². The van der Waals surface area contributed by atoms with Gasteiger partial charge in [-0.2, -0.15) is 0 Å². The van der Waals surface area contributed by atoms with Crippen LogP contribution in [0.5, 0.6) is 0 Å². The minimum atomic E-state index is -4.28. The van der Waals surface area contributed by atoms with Crippen LogP contribution in [0.4, 0.5) is 0 Å². The summed E-state index contributed by atoms with van der Waals surface area (Å²) in [5, 5.41) is 8.35. The Hall–Kier alpha value is 0.610. The molecule has 0 heterocycles. The van der Waals surface area contributed by atoms with Crippen molar-refractivity contribution in [2.24, 2.45) is 0 Å². The SMILES string of the molecule is O=S(=O)([O-])/C=C\CO.[Na+]. The zero-order valence-corrected chi connectivity index (χ0v) is 7.76. The third kappa shape index (κ3) is 12.0. The maximum atomic E-state index is 9.64. The maximum absolute atomic E-state index is 9.64. The van der Waals surface area contributed by atoms with E-state index in [0.29, 0.717) is 5.41 Å². The molecular formula is C3H5NaO4S. The van der Waals surface area contributed by atoms with Gasteiger partial charge in [-0.15, -0.1) is 0 Å². The Kier molecular flexibility index (Phi) is 7.38. The van der Waals surface area contributed by atoms with Gasteiger partial charge in [-0.05, 0) is 6.08 Å². The van der Waals surface area contributed by atoms with Gasteiger partial charge in [0, 0.05) is 5.41 Å². The summed E-state index contributed by atoms with van der Waals surface area (Å²) < 4.78 is 28.9. The van der Waals surface area contributed by atoms with E-state index >= 15 is 0 Å². The Bertz CT molecular complexity index is 170. The monoisotopic (exact) mass is 160 g/mol. The maximum Gasteiger partial charge on any atom is 1.00 e. The molecule has 1 N–H and O–H groups in total. The van der Waals surface area contributed by atoms with Crippen LogP contribution in [0, 0.1) is 0 Å². The van der Waals surface area contributed by atoms with Crippen LogP contribution in [0.1, 0.15) is 0 Å². The van der Waals surface area contributed by atoms with Crippen LogP contribution in [-0.2, 0) is 10.1 Å². The zero-order valence-electron chi connectivity index (χ0n) is 4.94. The molecule has 0 amide bonds. The predicted octanol–water partition coefficient (Wildman–Crippen LogP) is -3.96. The number of hydrogen-bond acceptors (Lipinski definition) is 4. The molecule has 0 unspecified atom stereocenters. The van der Waals surface area contributed by atoms with Crippen LogP contribution in [0.2, 0.25) is 0 Å². The number of rotatable bonds is 2. The van der Waals surface area contributed by atoms with Gasteiger partial charge in [0.05, 0.1) is 6.61 Å². The van der Waals surface area contributed by atoms with Gasteiger partial charge in [0.1, 0.15) is 10.1 Å². The van der Waals surface area contributed by atoms with Crippen molar-refractivity contribution in [1.82, 2.24) is 0 Å². The molecule has 0 aromatic carbocycles. The molecule has 0 aliphatic heterocycles. The van der Waals surface area contributed by atoms with Crippen molar-refractivity contribution in [3.8, 4) is 0 Å². The Morgan fingerprint density at radius 2 is 2.00 bits per heavy atom. The van der Waals surface area contributed by atoms with Gasteiger partial charge in [0.15, 0.2) is 0 Å². The Morgan fingerprint density at radius 1 is 1.56 bits per heavy atom. The van der Waals surface area contributed by atoms with Crippen molar-refractivity contribution in [2.45, 2.75) is 0 Å². The molecule has 0 aromatic heterocycles. The topological polar surface area (TPSA) is 77.4 Å². The minimum Gasteiger partial charge on any atom is -0.744 e. The summed E-state index contributed by atoms with van der Waals surface area (Å²) in [6, 6.07) is 0. The first-order valence-electron chi connectivity index (χ1n) is 1.79. The summed E-state index contributed by atoms with van der Waals surface area (Å²) in [6.07, 6.45) is 0.863. The second-order valence-corrected chi connectivity index (χ2v) is 2.30. The second-order valence-electron chi connectivity index (χ2n) is 1.05. The molecule has 0 spiro atoms. The molecule has 0 radical (unpaired) electrons. The summed E-state index contributed by atoms with van der Waals surface area (Å²) in [7, 11) is -4.28. The van der Waals surface area contributed by atoms with Crippen LogP contribution in [0.25, 0.3) is 0 Å². The fourth-order valence-electron chi connectivity index (χ4n) is 0.161. The van der Waals surface area contributed by atoms with Crippen LogP contribution < -0.4 is 29.6 Å². The van der Waals surface area contributed by atoms with E-state index in [4.69, 9.17) is 5.11 Å². The molecular weight excluding hydrogens is 155 g/mol. The molecule has 48 valence electrons. The molecule has 0 rings (SSSR count). The van der Waals surface area contributed by atoms with Crippen LogP contribution in [-0.4, -0.2) is 24.7 Å². The second kappa shape index (κ2) is 5.40. The summed E-state index contributed by atoms with van der Waals surface area (Å²) in [5.74, 6) is 0. The quantitative estimate of drug-likeness (QED) is 0.330. The molecule has 0 bridgehead atoms. The van der Waals surface area contributed by atoms with Crippen molar-refractivity contribution in [3.63, 3.8) is 0 Å². The molecule has 9 heavy (non-hydrogen) atoms. The third-order valence-corrected chi connectivity index (χ3v) is 0.894. The third-order valence-electron chi connectivity index (χ3n) is 0.368. The van der Waals surface area contributed by atoms with E-state index in [1.165, 1.54) is 0 Å². The van der Waals surface area contributed by atoms with Crippen molar-refractivity contribution < 1.29 is 47.6 Å². The van der Waals surface area contributed by atoms with Crippen molar-refractivity contribution in [1.29, 1.82) is 0 Å². The van der Waals surface area contributed by atoms with Crippen molar-refractivity contribution in [3.05, 3.63) is 11.5 Å². The molecule has 0 fully saturated rings. The largest absolute Gasteiger partial charge is 1.00 e. The zero-order chi connectivity index (χ0) is 6.62. The van der Waals surface area contributed by atoms with Gasteiger partial charge in [0.2, 0.25) is 0 Å². The molecule has 6 heteroatoms. The number of aliphatic hydroxyl groups is 1. The Labute approximate surface area is 75.6 Å². The van der Waals surface area contributed by atoms with E-state index < -0.39 is 16.7 Å². The van der Waals surface area contributed by atoms with Gasteiger partial charge in [0.25, 0.3) is 0 Å². The fourth-order valence-corrected chi connectivity index (χ4v) is 0.483. The first-order chi connectivity index (χ1) is 3.56. The fraction of sp³-hybridized carbons (Fsp3) is 0.333. The Morgan fingerprint density at radius 3 is 2.11 bits per heavy atom. The number of aliphatic hydroxyl groups excluding tert-OH is 1. The standard InChI is InChI=1S/C3H6O4S.Na/c4-2-1-3-8(5,6)7;/h1,3-4H,2H2,(H,5,6,7);/q;+1/p-1/b3-1-;. The average molecular weight is 160 g/mol. The van der Waals surface area contributed by atoms with Crippen LogP contribution >= 0.6 is 0 Å². The number of hydrogen-bond donors (Lipinski definition) is 1. The summed E-state index contributed by atoms with van der Waals surface area (Å²) in [5.41, 5.74) is 0. The first kappa shape index (κ1) is 12.3. The Balaban J connectivity index is 0. The summed E-state index contributed by atoms with van der Waals surface area (Å²) in [6.45, 7) is -0.429. The molecule has 0 aromatic rings. The molecule has 4 nitrogen and oxygen atoms in total. The molecule has 0 atom stereocenters. The van der Waals surface area contributed by atoms with Gasteiger partial charge in [-0.3, -0.25) is 0 Å². The van der Waals surface area contributed by atoms with E-state index in [0.717, 1.165) is 6.08 Å². The van der Waals surface area contributed by atoms with E-state index in [1.54, 1.807) is 0 Å². The van der Waals surface area contributed by atoms with Crippen molar-refractivity contribution in [2.75, 3.05) is 6.61 Å². The van der Waals surface area contributed by atoms with E-state index in [2.05, 4.69) is 0 Å². The average Bonchev–Trinajstić information content (AvgIpc) is 1.59. The van der Waals surface area contributed by atoms with Gasteiger partial charge < -0.3 is 9.66 Å². The van der Waals surface area contributed by atoms with Gasteiger partial charge >= 0.3 is 29.6 Å². The van der Waals surface area contributed by atoms with E-state index in [-0.39, 0.29) is 29.6 Å².